The van der Waals surface area contributed by atoms with Crippen LogP contribution in [0.15, 0.2) is 21.4 Å². The summed E-state index contributed by atoms with van der Waals surface area (Å²) in [5.74, 6) is 0.0781. The third-order valence-electron chi connectivity index (χ3n) is 4.07. The third-order valence-corrected chi connectivity index (χ3v) is 4.69. The fraction of sp³-hybridized carbons (Fsp3) is 0.615. The van der Waals surface area contributed by atoms with Crippen molar-refractivity contribution in [2.75, 3.05) is 13.1 Å². The molecule has 0 saturated carbocycles. The quantitative estimate of drug-likeness (QED) is 0.853. The number of carbonyl (C=O) groups excluding carboxylic acids is 1. The maximum Gasteiger partial charge on any atom is 0.258 e. The Balaban J connectivity index is 2.11. The molecule has 0 N–H and O–H groups in total. The van der Waals surface area contributed by atoms with Crippen molar-refractivity contribution >= 4 is 21.8 Å². The summed E-state index contributed by atoms with van der Waals surface area (Å²) in [4.78, 5) is 14.2. The van der Waals surface area contributed by atoms with Crippen molar-refractivity contribution < 1.29 is 9.21 Å². The van der Waals surface area contributed by atoms with Crippen molar-refractivity contribution in [1.29, 1.82) is 0 Å². The van der Waals surface area contributed by atoms with Gasteiger partial charge in [-0.3, -0.25) is 4.79 Å². The maximum absolute atomic E-state index is 12.3. The van der Waals surface area contributed by atoms with Gasteiger partial charge in [0.05, 0.1) is 11.8 Å². The molecule has 1 aromatic rings. The summed E-state index contributed by atoms with van der Waals surface area (Å²) in [6, 6.07) is 1.73. The third kappa shape index (κ3) is 2.28. The van der Waals surface area contributed by atoms with Crippen LogP contribution in [-0.2, 0) is 0 Å². The van der Waals surface area contributed by atoms with Crippen LogP contribution in [0.25, 0.3) is 0 Å². The average molecular weight is 300 g/mol. The van der Waals surface area contributed by atoms with Gasteiger partial charge in [0.1, 0.15) is 0 Å². The molecule has 1 aliphatic heterocycles. The van der Waals surface area contributed by atoms with Crippen molar-refractivity contribution in [2.24, 2.45) is 5.41 Å². The van der Waals surface area contributed by atoms with Crippen molar-refractivity contribution in [1.82, 2.24) is 4.90 Å². The van der Waals surface area contributed by atoms with Gasteiger partial charge in [0.15, 0.2) is 4.67 Å². The second-order valence-electron chi connectivity index (χ2n) is 4.79. The number of hydrogen-bond acceptors (Lipinski definition) is 2. The van der Waals surface area contributed by atoms with Gasteiger partial charge in [-0.1, -0.05) is 13.8 Å². The largest absolute Gasteiger partial charge is 0.457 e. The number of rotatable bonds is 3. The molecule has 2 heterocycles. The highest BCUT2D eigenvalue weighted by atomic mass is 79.9. The normalized spacial score (nSPS) is 18.6. The topological polar surface area (TPSA) is 33.5 Å². The zero-order valence-electron chi connectivity index (χ0n) is 10.3. The Bertz CT molecular complexity index is 409. The van der Waals surface area contributed by atoms with Gasteiger partial charge in [-0.25, -0.2) is 0 Å². The van der Waals surface area contributed by atoms with E-state index in [4.69, 9.17) is 4.42 Å². The highest BCUT2D eigenvalue weighted by Gasteiger charge is 2.37. The number of hydrogen-bond donors (Lipinski definition) is 0. The molecule has 1 aromatic heterocycles. The molecule has 94 valence electrons. The van der Waals surface area contributed by atoms with E-state index in [2.05, 4.69) is 29.8 Å². The van der Waals surface area contributed by atoms with E-state index in [-0.39, 0.29) is 5.91 Å². The Kier molecular flexibility index (Phi) is 3.61. The van der Waals surface area contributed by atoms with E-state index in [9.17, 15) is 4.79 Å². The Labute approximate surface area is 110 Å². The van der Waals surface area contributed by atoms with Crippen LogP contribution in [0.5, 0.6) is 0 Å². The molecule has 4 heteroatoms. The number of likely N-dealkylation sites (tertiary alicyclic amines) is 1. The van der Waals surface area contributed by atoms with E-state index in [0.717, 1.165) is 32.4 Å². The van der Waals surface area contributed by atoms with Crippen LogP contribution in [0.3, 0.4) is 0 Å². The summed E-state index contributed by atoms with van der Waals surface area (Å²) in [5.41, 5.74) is 0.958. The van der Waals surface area contributed by atoms with Crippen LogP contribution in [0.1, 0.15) is 43.5 Å². The molecule has 0 unspecified atom stereocenters. The smallest absolute Gasteiger partial charge is 0.258 e. The lowest BCUT2D eigenvalue weighted by molar-refractivity contribution is 0.0768. The van der Waals surface area contributed by atoms with E-state index < -0.39 is 0 Å². The van der Waals surface area contributed by atoms with Gasteiger partial charge < -0.3 is 9.32 Å². The molecule has 2 rings (SSSR count). The lowest BCUT2D eigenvalue weighted by Gasteiger charge is -2.26. The summed E-state index contributed by atoms with van der Waals surface area (Å²) < 4.78 is 5.65. The number of amides is 1. The average Bonchev–Trinajstić information content (AvgIpc) is 2.95. The van der Waals surface area contributed by atoms with Crippen LogP contribution in [-0.4, -0.2) is 23.9 Å². The Morgan fingerprint density at radius 3 is 2.71 bits per heavy atom. The minimum Gasteiger partial charge on any atom is -0.457 e. The molecule has 1 fully saturated rings. The van der Waals surface area contributed by atoms with Crippen molar-refractivity contribution in [3.63, 3.8) is 0 Å². The predicted octanol–water partition coefficient (Wildman–Crippen LogP) is 3.69. The predicted molar refractivity (Wildman–Crippen MR) is 69.9 cm³/mol. The summed E-state index contributed by atoms with van der Waals surface area (Å²) in [5, 5.41) is 0. The second-order valence-corrected chi connectivity index (χ2v) is 5.51. The highest BCUT2D eigenvalue weighted by molar-refractivity contribution is 9.10. The highest BCUT2D eigenvalue weighted by Crippen LogP contribution is 2.37. The second kappa shape index (κ2) is 4.84. The van der Waals surface area contributed by atoms with E-state index in [1.165, 1.54) is 0 Å². The van der Waals surface area contributed by atoms with Gasteiger partial charge in [0.25, 0.3) is 5.91 Å². The van der Waals surface area contributed by atoms with E-state index in [0.29, 0.717) is 15.6 Å². The minimum absolute atomic E-state index is 0.0781. The lowest BCUT2D eigenvalue weighted by atomic mass is 9.82. The Hall–Kier alpha value is -0.770. The van der Waals surface area contributed by atoms with Gasteiger partial charge in [0.2, 0.25) is 0 Å². The van der Waals surface area contributed by atoms with E-state index >= 15 is 0 Å². The van der Waals surface area contributed by atoms with E-state index in [1.54, 1.807) is 12.3 Å². The molecule has 0 aliphatic carbocycles. The van der Waals surface area contributed by atoms with Gasteiger partial charge in [-0.15, -0.1) is 0 Å². The SMILES string of the molecule is CCC1(CC)CCN(C(=O)c2ccoc2Br)C1. The molecule has 3 nitrogen and oxygen atoms in total. The lowest BCUT2D eigenvalue weighted by Crippen LogP contribution is -2.31. The minimum atomic E-state index is 0.0781. The molecule has 0 aromatic carbocycles. The first-order chi connectivity index (χ1) is 8.12. The summed E-state index contributed by atoms with van der Waals surface area (Å²) in [7, 11) is 0. The van der Waals surface area contributed by atoms with Crippen LogP contribution >= 0.6 is 15.9 Å². The Morgan fingerprint density at radius 1 is 1.53 bits per heavy atom. The zero-order chi connectivity index (χ0) is 12.5. The molecular formula is C13H18BrNO2. The molecular weight excluding hydrogens is 282 g/mol. The fourth-order valence-electron chi connectivity index (χ4n) is 2.55. The molecule has 1 saturated heterocycles. The maximum atomic E-state index is 12.3. The van der Waals surface area contributed by atoms with Crippen molar-refractivity contribution in [3.8, 4) is 0 Å². The van der Waals surface area contributed by atoms with Crippen molar-refractivity contribution in [3.05, 3.63) is 22.6 Å². The number of carbonyl (C=O) groups is 1. The zero-order valence-corrected chi connectivity index (χ0v) is 11.9. The molecule has 0 bridgehead atoms. The molecule has 17 heavy (non-hydrogen) atoms. The summed E-state index contributed by atoms with van der Waals surface area (Å²) >= 11 is 3.26. The van der Waals surface area contributed by atoms with E-state index in [1.807, 2.05) is 4.90 Å². The van der Waals surface area contributed by atoms with Gasteiger partial charge >= 0.3 is 0 Å². The number of nitrogens with zero attached hydrogens (tertiary/aromatic N) is 1. The van der Waals surface area contributed by atoms with Gasteiger partial charge in [-0.2, -0.15) is 0 Å². The number of furan rings is 1. The van der Waals surface area contributed by atoms with Crippen LogP contribution in [0.2, 0.25) is 0 Å². The van der Waals surface area contributed by atoms with Crippen LogP contribution in [0.4, 0.5) is 0 Å². The molecule has 0 radical (unpaired) electrons. The Morgan fingerprint density at radius 2 is 2.24 bits per heavy atom. The molecule has 0 spiro atoms. The van der Waals surface area contributed by atoms with Crippen LogP contribution in [0, 0.1) is 5.41 Å². The van der Waals surface area contributed by atoms with Crippen molar-refractivity contribution in [2.45, 2.75) is 33.1 Å². The monoisotopic (exact) mass is 299 g/mol. The van der Waals surface area contributed by atoms with Gasteiger partial charge in [0, 0.05) is 13.1 Å². The van der Waals surface area contributed by atoms with Crippen LogP contribution < -0.4 is 0 Å². The summed E-state index contributed by atoms with van der Waals surface area (Å²) in [6.45, 7) is 6.16. The van der Waals surface area contributed by atoms with Gasteiger partial charge in [-0.05, 0) is 46.7 Å². The fourth-order valence-corrected chi connectivity index (χ4v) is 2.96. The first-order valence-corrected chi connectivity index (χ1v) is 6.93. The molecule has 0 atom stereocenters. The number of halogens is 1. The molecule has 1 aliphatic rings. The summed E-state index contributed by atoms with van der Waals surface area (Å²) in [6.07, 6.45) is 4.93. The standard InChI is InChI=1S/C13H18BrNO2/c1-3-13(4-2)6-7-15(9-13)12(16)10-5-8-17-11(10)14/h5,8H,3-4,6-7,9H2,1-2H3. The first-order valence-electron chi connectivity index (χ1n) is 6.14. The molecule has 1 amide bonds. The first kappa shape index (κ1) is 12.7.